The minimum atomic E-state index is -2.66. The second-order valence-electron chi connectivity index (χ2n) is 9.68. The number of halogens is 2. The lowest BCUT2D eigenvalue weighted by atomic mass is 9.90. The Hall–Kier alpha value is -2.81. The molecule has 34 heavy (non-hydrogen) atoms. The number of aromatic nitrogens is 2. The molecule has 1 atom stereocenters. The third-order valence-electron chi connectivity index (χ3n) is 7.04. The largest absolute Gasteiger partial charge is 0.388 e. The van der Waals surface area contributed by atoms with Crippen LogP contribution in [0.25, 0.3) is 0 Å². The number of rotatable bonds is 6. The number of carbonyl (C=O) groups is 1. The van der Waals surface area contributed by atoms with Crippen LogP contribution >= 0.6 is 0 Å². The van der Waals surface area contributed by atoms with Crippen molar-refractivity contribution < 1.29 is 18.7 Å². The van der Waals surface area contributed by atoms with Crippen molar-refractivity contribution in [2.45, 2.75) is 63.0 Å². The fourth-order valence-corrected chi connectivity index (χ4v) is 4.71. The Kier molecular flexibility index (Phi) is 7.02. The van der Waals surface area contributed by atoms with Gasteiger partial charge in [-0.2, -0.15) is 0 Å². The lowest BCUT2D eigenvalue weighted by molar-refractivity contribution is -0.136. The number of alkyl halides is 2. The Bertz CT molecular complexity index is 1040. The van der Waals surface area contributed by atoms with Crippen LogP contribution in [-0.2, 0) is 11.3 Å². The lowest BCUT2D eigenvalue weighted by Crippen LogP contribution is -2.49. The van der Waals surface area contributed by atoms with Crippen LogP contribution in [0.1, 0.15) is 50.5 Å². The highest BCUT2D eigenvalue weighted by Crippen LogP contribution is 2.30. The van der Waals surface area contributed by atoms with Gasteiger partial charge in [0.2, 0.25) is 5.91 Å². The minimum Gasteiger partial charge on any atom is -0.388 e. The maximum Gasteiger partial charge on any atom is 0.255 e. The first-order valence-corrected chi connectivity index (χ1v) is 11.9. The van der Waals surface area contributed by atoms with Gasteiger partial charge in [-0.15, -0.1) is 0 Å². The molecule has 1 amide bonds. The Morgan fingerprint density at radius 1 is 1.09 bits per heavy atom. The highest BCUT2D eigenvalue weighted by Gasteiger charge is 2.36. The number of amides is 1. The van der Waals surface area contributed by atoms with Crippen molar-refractivity contribution in [3.8, 4) is 0 Å². The van der Waals surface area contributed by atoms with E-state index in [1.165, 1.54) is 17.0 Å². The summed E-state index contributed by atoms with van der Waals surface area (Å²) in [4.78, 5) is 33.1. The molecule has 0 bridgehead atoms. The van der Waals surface area contributed by atoms with Gasteiger partial charge in [-0.3, -0.25) is 14.2 Å². The molecule has 9 heteroatoms. The smallest absolute Gasteiger partial charge is 0.255 e. The summed E-state index contributed by atoms with van der Waals surface area (Å²) in [7, 11) is 0. The Balaban J connectivity index is 1.31. The number of likely N-dealkylation sites (tertiary alicyclic amines) is 1. The molecule has 3 heterocycles. The van der Waals surface area contributed by atoms with E-state index in [9.17, 15) is 23.5 Å². The van der Waals surface area contributed by atoms with Crippen LogP contribution in [0, 0.1) is 0 Å². The van der Waals surface area contributed by atoms with Crippen molar-refractivity contribution in [1.82, 2.24) is 14.5 Å². The van der Waals surface area contributed by atoms with Crippen LogP contribution in [-0.4, -0.2) is 63.2 Å². The second-order valence-corrected chi connectivity index (χ2v) is 9.68. The molecule has 1 aromatic heterocycles. The summed E-state index contributed by atoms with van der Waals surface area (Å²) in [6, 6.07) is 11.3. The molecule has 184 valence electrons. The molecular weight excluding hydrogens is 442 g/mol. The number of hydrogen-bond donors (Lipinski definition) is 1. The monoisotopic (exact) mass is 474 g/mol. The van der Waals surface area contributed by atoms with Gasteiger partial charge in [0.25, 0.3) is 11.5 Å². The summed E-state index contributed by atoms with van der Waals surface area (Å²) in [6.45, 7) is 3.28. The molecule has 0 radical (unpaired) electrons. The molecule has 2 saturated heterocycles. The van der Waals surface area contributed by atoms with Gasteiger partial charge in [0, 0.05) is 51.5 Å². The summed E-state index contributed by atoms with van der Waals surface area (Å²) >= 11 is 0. The highest BCUT2D eigenvalue weighted by molar-refractivity contribution is 5.77. The van der Waals surface area contributed by atoms with Crippen molar-refractivity contribution in [2.24, 2.45) is 0 Å². The molecule has 0 saturated carbocycles. The summed E-state index contributed by atoms with van der Waals surface area (Å²) in [5.74, 6) is -2.10. The first-order valence-electron chi connectivity index (χ1n) is 11.9. The van der Waals surface area contributed by atoms with E-state index in [1.807, 2.05) is 37.3 Å². The quantitative estimate of drug-likeness (QED) is 0.696. The van der Waals surface area contributed by atoms with Gasteiger partial charge in [0.15, 0.2) is 0 Å². The fourth-order valence-electron chi connectivity index (χ4n) is 4.71. The zero-order chi connectivity index (χ0) is 24.3. The van der Waals surface area contributed by atoms with Crippen LogP contribution in [0.3, 0.4) is 0 Å². The summed E-state index contributed by atoms with van der Waals surface area (Å²) in [6.07, 6.45) is 2.02. The van der Waals surface area contributed by atoms with Gasteiger partial charge in [-0.1, -0.05) is 37.3 Å². The molecule has 4 rings (SSSR count). The number of carbonyl (C=O) groups excluding carboxylic acids is 1. The molecule has 1 N–H and O–H groups in total. The van der Waals surface area contributed by atoms with Crippen LogP contribution in [0.4, 0.5) is 14.6 Å². The number of anilines is 1. The molecule has 2 aliphatic heterocycles. The number of aliphatic hydroxyl groups is 1. The van der Waals surface area contributed by atoms with Gasteiger partial charge < -0.3 is 14.9 Å². The van der Waals surface area contributed by atoms with E-state index < -0.39 is 11.5 Å². The average molecular weight is 475 g/mol. The van der Waals surface area contributed by atoms with Crippen molar-refractivity contribution in [1.29, 1.82) is 0 Å². The van der Waals surface area contributed by atoms with Gasteiger partial charge in [0.1, 0.15) is 5.82 Å². The van der Waals surface area contributed by atoms with Crippen LogP contribution < -0.4 is 10.5 Å². The Labute approximate surface area is 198 Å². The molecule has 2 aromatic rings. The summed E-state index contributed by atoms with van der Waals surface area (Å²) < 4.78 is 28.1. The maximum atomic E-state index is 13.4. The van der Waals surface area contributed by atoms with Gasteiger partial charge >= 0.3 is 0 Å². The van der Waals surface area contributed by atoms with Crippen molar-refractivity contribution in [3.05, 3.63) is 58.6 Å². The molecule has 1 aromatic carbocycles. The number of benzene rings is 1. The zero-order valence-corrected chi connectivity index (χ0v) is 19.5. The molecule has 2 fully saturated rings. The van der Waals surface area contributed by atoms with Crippen LogP contribution in [0.5, 0.6) is 0 Å². The third kappa shape index (κ3) is 5.81. The summed E-state index contributed by atoms with van der Waals surface area (Å²) in [5, 5.41) is 11.1. The highest BCUT2D eigenvalue weighted by atomic mass is 19.3. The number of piperidine rings is 2. The second kappa shape index (κ2) is 9.82. The van der Waals surface area contributed by atoms with Crippen molar-refractivity contribution in [2.75, 3.05) is 31.1 Å². The van der Waals surface area contributed by atoms with E-state index >= 15 is 0 Å². The molecular formula is C25H32F2N4O3. The van der Waals surface area contributed by atoms with Gasteiger partial charge in [-0.25, -0.2) is 13.8 Å². The van der Waals surface area contributed by atoms with E-state index in [1.54, 1.807) is 9.80 Å². The Morgan fingerprint density at radius 2 is 1.74 bits per heavy atom. The Morgan fingerprint density at radius 3 is 2.35 bits per heavy atom. The third-order valence-corrected chi connectivity index (χ3v) is 7.04. The van der Waals surface area contributed by atoms with E-state index in [4.69, 9.17) is 0 Å². The lowest BCUT2D eigenvalue weighted by Gasteiger charge is -2.38. The topological polar surface area (TPSA) is 78.7 Å². The predicted molar refractivity (Wildman–Crippen MR) is 125 cm³/mol. The van der Waals surface area contributed by atoms with E-state index in [0.717, 1.165) is 5.56 Å². The van der Waals surface area contributed by atoms with Gasteiger partial charge in [0.05, 0.1) is 18.5 Å². The van der Waals surface area contributed by atoms with Gasteiger partial charge in [-0.05, 0) is 24.3 Å². The SMILES string of the molecule is C[C@H](CC(=O)N1CCC(O)(Cn2cnc(N3CCC(F)(F)CC3)cc2=O)CC1)c1ccccc1. The molecule has 2 aliphatic rings. The van der Waals surface area contributed by atoms with E-state index in [2.05, 4.69) is 4.98 Å². The van der Waals surface area contributed by atoms with Crippen LogP contribution in [0.2, 0.25) is 0 Å². The normalized spacial score (nSPS) is 20.7. The average Bonchev–Trinajstić information content (AvgIpc) is 2.81. The molecule has 0 aliphatic carbocycles. The number of hydrogen-bond acceptors (Lipinski definition) is 5. The molecule has 7 nitrogen and oxygen atoms in total. The van der Waals surface area contributed by atoms with Crippen LogP contribution in [0.15, 0.2) is 47.5 Å². The van der Waals surface area contributed by atoms with E-state index in [-0.39, 0.29) is 49.9 Å². The predicted octanol–water partition coefficient (Wildman–Crippen LogP) is 3.03. The molecule has 0 unspecified atom stereocenters. The summed E-state index contributed by atoms with van der Waals surface area (Å²) in [5.41, 5.74) is -0.314. The standard InChI is InChI=1S/C25H32F2N4O3/c1-19(20-5-3-2-4-6-20)15-22(32)30-11-7-24(34,8-12-30)17-31-18-28-21(16-23(31)33)29-13-9-25(26,27)10-14-29/h2-6,16,18-19,34H,7-15,17H2,1H3/t19-/m1/s1. The van der Waals surface area contributed by atoms with Crippen molar-refractivity contribution in [3.63, 3.8) is 0 Å². The van der Waals surface area contributed by atoms with Crippen molar-refractivity contribution >= 4 is 11.7 Å². The fraction of sp³-hybridized carbons (Fsp3) is 0.560. The van der Waals surface area contributed by atoms with E-state index in [0.29, 0.717) is 38.2 Å². The number of nitrogens with zero attached hydrogens (tertiary/aromatic N) is 4. The maximum absolute atomic E-state index is 13.4. The first-order chi connectivity index (χ1) is 16.1. The molecule has 0 spiro atoms. The first kappa shape index (κ1) is 24.3. The zero-order valence-electron chi connectivity index (χ0n) is 19.5. The minimum absolute atomic E-state index is 0.0636.